The summed E-state index contributed by atoms with van der Waals surface area (Å²) in [6.07, 6.45) is 0.557. The maximum Gasteiger partial charge on any atom is 0.510 e. The van der Waals surface area contributed by atoms with Crippen LogP contribution in [0.5, 0.6) is 0 Å². The zero-order valence-electron chi connectivity index (χ0n) is 14.9. The third-order valence-corrected chi connectivity index (χ3v) is 4.61. The van der Waals surface area contributed by atoms with E-state index in [-0.39, 0.29) is 29.6 Å². The fraction of sp³-hybridized carbons (Fsp3) is 0.222. The second-order valence-electron chi connectivity index (χ2n) is 5.49. The first kappa shape index (κ1) is 19.5. The van der Waals surface area contributed by atoms with Crippen molar-refractivity contribution in [1.29, 1.82) is 0 Å². The van der Waals surface area contributed by atoms with Gasteiger partial charge < -0.3 is 18.8 Å². The van der Waals surface area contributed by atoms with Crippen LogP contribution in [0.15, 0.2) is 29.8 Å². The van der Waals surface area contributed by atoms with E-state index in [9.17, 15) is 18.8 Å². The molecule has 3 aromatic rings. The number of hydrogen-bond donors (Lipinski definition) is 0. The molecule has 8 nitrogen and oxygen atoms in total. The van der Waals surface area contributed by atoms with E-state index in [0.29, 0.717) is 10.9 Å². The minimum absolute atomic E-state index is 0.0243. The van der Waals surface area contributed by atoms with Gasteiger partial charge >= 0.3 is 12.1 Å². The molecular weight excluding hydrogens is 391 g/mol. The smallest absolute Gasteiger partial charge is 0.464 e. The van der Waals surface area contributed by atoms with Crippen molar-refractivity contribution in [2.75, 3.05) is 13.7 Å². The number of hydrogen-bond acceptors (Lipinski definition) is 8. The highest BCUT2D eigenvalue weighted by Gasteiger charge is 2.22. The minimum Gasteiger partial charge on any atom is -0.464 e. The number of benzene rings is 1. The van der Waals surface area contributed by atoms with Gasteiger partial charge in [-0.1, -0.05) is 0 Å². The molecule has 0 aliphatic rings. The van der Waals surface area contributed by atoms with Crippen LogP contribution in [0.4, 0.5) is 9.18 Å². The second kappa shape index (κ2) is 8.17. The number of aromatic nitrogens is 2. The summed E-state index contributed by atoms with van der Waals surface area (Å²) in [4.78, 5) is 39.8. The third kappa shape index (κ3) is 3.86. The Bertz CT molecular complexity index is 1060. The lowest BCUT2D eigenvalue weighted by atomic mass is 10.1. The Labute approximate surface area is 162 Å². The summed E-state index contributed by atoms with van der Waals surface area (Å²) in [6.45, 7) is 1.52. The Balaban J connectivity index is 1.96. The van der Waals surface area contributed by atoms with E-state index in [1.54, 1.807) is 6.92 Å². The predicted octanol–water partition coefficient (Wildman–Crippen LogP) is 3.39. The van der Waals surface area contributed by atoms with Crippen molar-refractivity contribution in [1.82, 2.24) is 9.55 Å². The van der Waals surface area contributed by atoms with E-state index in [1.165, 1.54) is 41.5 Å². The van der Waals surface area contributed by atoms with Crippen LogP contribution in [0.3, 0.4) is 0 Å². The number of nitrogens with zero attached hydrogens (tertiary/aromatic N) is 2. The summed E-state index contributed by atoms with van der Waals surface area (Å²) in [6, 6.07) is 3.90. The average Bonchev–Trinajstić information content (AvgIpc) is 3.30. The van der Waals surface area contributed by atoms with E-state index < -0.39 is 23.7 Å². The minimum atomic E-state index is -0.878. The summed E-state index contributed by atoms with van der Waals surface area (Å²) < 4.78 is 29.4. The maximum absolute atomic E-state index is 13.7. The summed E-state index contributed by atoms with van der Waals surface area (Å²) in [7, 11) is 1.22. The van der Waals surface area contributed by atoms with Crippen LogP contribution in [0.25, 0.3) is 10.9 Å². The molecule has 0 spiro atoms. The van der Waals surface area contributed by atoms with Crippen molar-refractivity contribution in [3.05, 3.63) is 51.9 Å². The molecule has 0 saturated carbocycles. The molecule has 146 valence electrons. The van der Waals surface area contributed by atoms with Crippen molar-refractivity contribution >= 4 is 40.1 Å². The van der Waals surface area contributed by atoms with Gasteiger partial charge in [0.25, 0.3) is 0 Å². The summed E-state index contributed by atoms with van der Waals surface area (Å²) in [5.41, 5.74) is 0.613. The zero-order valence-corrected chi connectivity index (χ0v) is 15.7. The van der Waals surface area contributed by atoms with Gasteiger partial charge in [0, 0.05) is 17.0 Å². The average molecular weight is 406 g/mol. The summed E-state index contributed by atoms with van der Waals surface area (Å²) in [5.74, 6) is -1.61. The van der Waals surface area contributed by atoms with Gasteiger partial charge in [0.1, 0.15) is 5.82 Å². The van der Waals surface area contributed by atoms with Crippen LogP contribution in [0.1, 0.15) is 32.8 Å². The SMILES string of the molecule is CCOC(=O)OCn1cc(C(=O)c2nc(C(=O)OC)cs2)c2ccc(F)cc21. The highest BCUT2D eigenvalue weighted by atomic mass is 32.1. The fourth-order valence-electron chi connectivity index (χ4n) is 2.53. The molecule has 3 rings (SSSR count). The van der Waals surface area contributed by atoms with Crippen molar-refractivity contribution in [3.8, 4) is 0 Å². The maximum atomic E-state index is 13.7. The first-order chi connectivity index (χ1) is 13.4. The number of esters is 1. The normalized spacial score (nSPS) is 10.7. The van der Waals surface area contributed by atoms with Gasteiger partial charge in [-0.2, -0.15) is 0 Å². The van der Waals surface area contributed by atoms with Crippen LogP contribution >= 0.6 is 11.3 Å². The molecule has 2 heterocycles. The van der Waals surface area contributed by atoms with Gasteiger partial charge in [0.15, 0.2) is 17.4 Å². The molecule has 10 heteroatoms. The summed E-state index contributed by atoms with van der Waals surface area (Å²) >= 11 is 0.992. The lowest BCUT2D eigenvalue weighted by molar-refractivity contribution is 0.0381. The fourth-order valence-corrected chi connectivity index (χ4v) is 3.27. The van der Waals surface area contributed by atoms with Gasteiger partial charge in [0.2, 0.25) is 5.78 Å². The molecule has 1 aromatic carbocycles. The Morgan fingerprint density at radius 3 is 2.75 bits per heavy atom. The molecule has 0 unspecified atom stereocenters. The van der Waals surface area contributed by atoms with E-state index in [1.807, 2.05) is 0 Å². The van der Waals surface area contributed by atoms with Crippen LogP contribution in [0.2, 0.25) is 0 Å². The topological polar surface area (TPSA) is 96.7 Å². The van der Waals surface area contributed by atoms with Crippen molar-refractivity contribution in [2.45, 2.75) is 13.7 Å². The first-order valence-corrected chi connectivity index (χ1v) is 8.99. The van der Waals surface area contributed by atoms with Gasteiger partial charge in [-0.05, 0) is 25.1 Å². The van der Waals surface area contributed by atoms with E-state index in [0.717, 1.165) is 11.3 Å². The second-order valence-corrected chi connectivity index (χ2v) is 6.35. The molecule has 0 saturated heterocycles. The van der Waals surface area contributed by atoms with Crippen molar-refractivity contribution < 1.29 is 33.0 Å². The Morgan fingerprint density at radius 1 is 1.25 bits per heavy atom. The monoisotopic (exact) mass is 406 g/mol. The largest absolute Gasteiger partial charge is 0.510 e. The number of methoxy groups -OCH3 is 1. The molecule has 0 aliphatic carbocycles. The van der Waals surface area contributed by atoms with Gasteiger partial charge in [-0.15, -0.1) is 11.3 Å². The molecule has 28 heavy (non-hydrogen) atoms. The number of fused-ring (bicyclic) bond motifs is 1. The van der Waals surface area contributed by atoms with Crippen molar-refractivity contribution in [3.63, 3.8) is 0 Å². The molecule has 0 aliphatic heterocycles. The third-order valence-electron chi connectivity index (χ3n) is 3.77. The van der Waals surface area contributed by atoms with E-state index >= 15 is 0 Å². The molecule has 0 N–H and O–H groups in total. The van der Waals surface area contributed by atoms with Gasteiger partial charge in [-0.25, -0.2) is 19.0 Å². The molecule has 0 fully saturated rings. The van der Waals surface area contributed by atoms with Crippen LogP contribution in [-0.2, 0) is 20.9 Å². The first-order valence-electron chi connectivity index (χ1n) is 8.11. The highest BCUT2D eigenvalue weighted by Crippen LogP contribution is 2.26. The number of rotatable bonds is 6. The Kier molecular flexibility index (Phi) is 5.69. The predicted molar refractivity (Wildman–Crippen MR) is 96.9 cm³/mol. The number of carbonyl (C=O) groups is 3. The van der Waals surface area contributed by atoms with E-state index in [2.05, 4.69) is 9.72 Å². The Morgan fingerprint density at radius 2 is 2.04 bits per heavy atom. The quantitative estimate of drug-likeness (QED) is 0.457. The number of halogens is 1. The summed E-state index contributed by atoms with van der Waals surface area (Å²) in [5, 5.41) is 1.95. The Hall–Kier alpha value is -3.27. The number of ketones is 1. The molecule has 2 aromatic heterocycles. The zero-order chi connectivity index (χ0) is 20.3. The molecule has 0 radical (unpaired) electrons. The van der Waals surface area contributed by atoms with E-state index in [4.69, 9.17) is 9.47 Å². The number of ether oxygens (including phenoxy) is 3. The van der Waals surface area contributed by atoms with Crippen molar-refractivity contribution in [2.24, 2.45) is 0 Å². The molecule has 0 amide bonds. The lowest BCUT2D eigenvalue weighted by Gasteiger charge is -2.06. The van der Waals surface area contributed by atoms with Gasteiger partial charge in [-0.3, -0.25) is 4.79 Å². The lowest BCUT2D eigenvalue weighted by Crippen LogP contribution is -2.10. The van der Waals surface area contributed by atoms with Crippen LogP contribution in [-0.4, -0.2) is 41.2 Å². The molecule has 0 atom stereocenters. The number of thiazole rings is 1. The molecule has 0 bridgehead atoms. The number of carbonyl (C=O) groups excluding carboxylic acids is 3. The van der Waals surface area contributed by atoms with Crippen LogP contribution in [0, 0.1) is 5.82 Å². The van der Waals surface area contributed by atoms with Gasteiger partial charge in [0.05, 0.1) is 24.8 Å². The standard InChI is InChI=1S/C18H15FN2O6S/c1-3-26-18(24)27-9-21-7-12(11-5-4-10(19)6-14(11)21)15(22)16-20-13(8-28-16)17(23)25-2/h4-8H,3,9H2,1-2H3. The molecular formula is C18H15FN2O6S. The highest BCUT2D eigenvalue weighted by molar-refractivity contribution is 7.12. The van der Waals surface area contributed by atoms with Crippen LogP contribution < -0.4 is 0 Å².